The highest BCUT2D eigenvalue weighted by Crippen LogP contribution is 2.16. The number of nitrogens with zero attached hydrogens (tertiary/aromatic N) is 2. The Bertz CT molecular complexity index is 941. The first-order valence-electron chi connectivity index (χ1n) is 7.78. The van der Waals surface area contributed by atoms with Crippen molar-refractivity contribution in [1.82, 2.24) is 9.97 Å². The first-order chi connectivity index (χ1) is 12.5. The Morgan fingerprint density at radius 1 is 0.962 bits per heavy atom. The summed E-state index contributed by atoms with van der Waals surface area (Å²) in [5.41, 5.74) is 1.85. The molecule has 1 heterocycles. The molecule has 2 N–H and O–H groups in total. The molecule has 1 aromatic heterocycles. The zero-order valence-electron chi connectivity index (χ0n) is 13.9. The van der Waals surface area contributed by atoms with Gasteiger partial charge in [-0.25, -0.2) is 14.4 Å². The summed E-state index contributed by atoms with van der Waals surface area (Å²) in [6.45, 7) is 1.49. The maximum absolute atomic E-state index is 12.9. The number of benzene rings is 2. The van der Waals surface area contributed by atoms with Crippen LogP contribution in [0.3, 0.4) is 0 Å². The van der Waals surface area contributed by atoms with Gasteiger partial charge in [0.15, 0.2) is 5.78 Å². The van der Waals surface area contributed by atoms with Crippen molar-refractivity contribution in [3.63, 3.8) is 0 Å². The fourth-order valence-corrected chi connectivity index (χ4v) is 2.20. The van der Waals surface area contributed by atoms with Crippen LogP contribution in [0.2, 0.25) is 0 Å². The number of carbonyl (C=O) groups excluding carboxylic acids is 2. The van der Waals surface area contributed by atoms with Crippen molar-refractivity contribution in [3.05, 3.63) is 78.0 Å². The summed E-state index contributed by atoms with van der Waals surface area (Å²) < 4.78 is 12.9. The highest BCUT2D eigenvalue weighted by Gasteiger charge is 2.09. The SMILES string of the molecule is CC(=O)c1cccc(Nc2cnc(C(=O)Nc3ccc(F)cc3)cn2)c1. The van der Waals surface area contributed by atoms with Crippen molar-refractivity contribution in [2.45, 2.75) is 6.92 Å². The van der Waals surface area contributed by atoms with Crippen LogP contribution in [0.4, 0.5) is 21.6 Å². The fraction of sp³-hybridized carbons (Fsp3) is 0.0526. The molecular weight excluding hydrogens is 335 g/mol. The number of amides is 1. The van der Waals surface area contributed by atoms with Crippen LogP contribution in [0, 0.1) is 5.82 Å². The van der Waals surface area contributed by atoms with Crippen LogP contribution >= 0.6 is 0 Å². The molecule has 0 bridgehead atoms. The number of Topliss-reactive ketones (excluding diaryl/α,β-unsaturated/α-hetero) is 1. The van der Waals surface area contributed by atoms with Gasteiger partial charge in [0.25, 0.3) is 5.91 Å². The van der Waals surface area contributed by atoms with Crippen molar-refractivity contribution in [1.29, 1.82) is 0 Å². The third-order valence-corrected chi connectivity index (χ3v) is 3.53. The van der Waals surface area contributed by atoms with Crippen LogP contribution in [0.25, 0.3) is 0 Å². The summed E-state index contributed by atoms with van der Waals surface area (Å²) in [6.07, 6.45) is 2.75. The molecule has 0 aliphatic rings. The molecule has 0 saturated carbocycles. The molecule has 0 saturated heterocycles. The standard InChI is InChI=1S/C19H15FN4O2/c1-12(25)13-3-2-4-16(9-13)23-18-11-21-17(10-22-18)19(26)24-15-7-5-14(20)6-8-15/h2-11H,1H3,(H,22,23)(H,24,26). The highest BCUT2D eigenvalue weighted by atomic mass is 19.1. The van der Waals surface area contributed by atoms with Crippen molar-refractivity contribution in [2.75, 3.05) is 10.6 Å². The minimum atomic E-state index is -0.450. The maximum atomic E-state index is 12.9. The lowest BCUT2D eigenvalue weighted by molar-refractivity contribution is 0.101. The molecule has 0 unspecified atom stereocenters. The van der Waals surface area contributed by atoms with E-state index in [9.17, 15) is 14.0 Å². The first-order valence-corrected chi connectivity index (χ1v) is 7.78. The van der Waals surface area contributed by atoms with Gasteiger partial charge in [-0.1, -0.05) is 12.1 Å². The molecule has 26 heavy (non-hydrogen) atoms. The topological polar surface area (TPSA) is 84.0 Å². The van der Waals surface area contributed by atoms with E-state index in [-0.39, 0.29) is 17.3 Å². The quantitative estimate of drug-likeness (QED) is 0.684. The van der Waals surface area contributed by atoms with Gasteiger partial charge < -0.3 is 10.6 Å². The summed E-state index contributed by atoms with van der Waals surface area (Å²) in [5, 5.41) is 5.63. The lowest BCUT2D eigenvalue weighted by Gasteiger charge is -2.08. The third kappa shape index (κ3) is 4.27. The van der Waals surface area contributed by atoms with E-state index in [4.69, 9.17) is 0 Å². The molecule has 3 aromatic rings. The Kier molecular flexibility index (Phi) is 4.98. The molecule has 0 spiro atoms. The normalized spacial score (nSPS) is 10.2. The van der Waals surface area contributed by atoms with Crippen LogP contribution in [0.1, 0.15) is 27.8 Å². The van der Waals surface area contributed by atoms with E-state index >= 15 is 0 Å². The second-order valence-electron chi connectivity index (χ2n) is 5.51. The van der Waals surface area contributed by atoms with E-state index in [0.717, 1.165) is 0 Å². The molecule has 6 nitrogen and oxygen atoms in total. The maximum Gasteiger partial charge on any atom is 0.275 e. The molecule has 7 heteroatoms. The number of aromatic nitrogens is 2. The number of carbonyl (C=O) groups is 2. The first kappa shape index (κ1) is 17.2. The van der Waals surface area contributed by atoms with Gasteiger partial charge in [0.2, 0.25) is 0 Å². The van der Waals surface area contributed by atoms with E-state index in [1.165, 1.54) is 43.6 Å². The third-order valence-electron chi connectivity index (χ3n) is 3.53. The monoisotopic (exact) mass is 350 g/mol. The van der Waals surface area contributed by atoms with Crippen LogP contribution in [-0.4, -0.2) is 21.7 Å². The van der Waals surface area contributed by atoms with E-state index in [2.05, 4.69) is 20.6 Å². The zero-order valence-corrected chi connectivity index (χ0v) is 13.9. The van der Waals surface area contributed by atoms with Crippen LogP contribution in [0.5, 0.6) is 0 Å². The largest absolute Gasteiger partial charge is 0.339 e. The molecule has 0 fully saturated rings. The van der Waals surface area contributed by atoms with Crippen molar-refractivity contribution >= 4 is 28.9 Å². The van der Waals surface area contributed by atoms with E-state index in [1.54, 1.807) is 24.3 Å². The van der Waals surface area contributed by atoms with Gasteiger partial charge >= 0.3 is 0 Å². The van der Waals surface area contributed by atoms with Crippen molar-refractivity contribution in [3.8, 4) is 0 Å². The van der Waals surface area contributed by atoms with Gasteiger partial charge in [-0.15, -0.1) is 0 Å². The van der Waals surface area contributed by atoms with Crippen LogP contribution < -0.4 is 10.6 Å². The number of nitrogens with one attached hydrogen (secondary N) is 2. The molecule has 0 atom stereocenters. The van der Waals surface area contributed by atoms with Gasteiger partial charge in [0.1, 0.15) is 17.3 Å². The summed E-state index contributed by atoms with van der Waals surface area (Å²) >= 11 is 0. The average Bonchev–Trinajstić information content (AvgIpc) is 2.64. The lowest BCUT2D eigenvalue weighted by Crippen LogP contribution is -2.14. The number of halogens is 1. The van der Waals surface area contributed by atoms with E-state index < -0.39 is 5.91 Å². The van der Waals surface area contributed by atoms with Crippen molar-refractivity contribution < 1.29 is 14.0 Å². The number of ketones is 1. The van der Waals surface area contributed by atoms with Gasteiger partial charge in [0, 0.05) is 16.9 Å². The Morgan fingerprint density at radius 2 is 1.73 bits per heavy atom. The minimum Gasteiger partial charge on any atom is -0.339 e. The average molecular weight is 350 g/mol. The smallest absolute Gasteiger partial charge is 0.275 e. The van der Waals surface area contributed by atoms with Crippen molar-refractivity contribution in [2.24, 2.45) is 0 Å². The molecular formula is C19H15FN4O2. The molecule has 3 rings (SSSR count). The van der Waals surface area contributed by atoms with Gasteiger partial charge in [-0.05, 0) is 43.3 Å². The molecule has 130 valence electrons. The zero-order chi connectivity index (χ0) is 18.5. The summed E-state index contributed by atoms with van der Waals surface area (Å²) in [4.78, 5) is 31.8. The Morgan fingerprint density at radius 3 is 2.38 bits per heavy atom. The van der Waals surface area contributed by atoms with Gasteiger partial charge in [-0.3, -0.25) is 9.59 Å². The second kappa shape index (κ2) is 7.52. The van der Waals surface area contributed by atoms with E-state index in [1.807, 2.05) is 0 Å². The number of hydrogen-bond donors (Lipinski definition) is 2. The second-order valence-corrected chi connectivity index (χ2v) is 5.51. The molecule has 0 aliphatic carbocycles. The minimum absolute atomic E-state index is 0.0347. The van der Waals surface area contributed by atoms with E-state index in [0.29, 0.717) is 22.8 Å². The Balaban J connectivity index is 1.68. The number of rotatable bonds is 5. The highest BCUT2D eigenvalue weighted by molar-refractivity contribution is 6.02. The summed E-state index contributed by atoms with van der Waals surface area (Å²) in [7, 11) is 0. The molecule has 0 aliphatic heterocycles. The Hall–Kier alpha value is -3.61. The van der Waals surface area contributed by atoms with Crippen LogP contribution in [-0.2, 0) is 0 Å². The van der Waals surface area contributed by atoms with Gasteiger partial charge in [-0.2, -0.15) is 0 Å². The lowest BCUT2D eigenvalue weighted by atomic mass is 10.1. The Labute approximate surface area is 149 Å². The molecule has 0 radical (unpaired) electrons. The molecule has 2 aromatic carbocycles. The molecule has 1 amide bonds. The summed E-state index contributed by atoms with van der Waals surface area (Å²) in [6, 6.07) is 12.4. The van der Waals surface area contributed by atoms with Gasteiger partial charge in [0.05, 0.1) is 12.4 Å². The number of hydrogen-bond acceptors (Lipinski definition) is 5. The summed E-state index contributed by atoms with van der Waals surface area (Å²) in [5.74, 6) is -0.433. The fourth-order valence-electron chi connectivity index (χ4n) is 2.20. The number of anilines is 3. The predicted octanol–water partition coefficient (Wildman–Crippen LogP) is 3.81. The predicted molar refractivity (Wildman–Crippen MR) is 96.1 cm³/mol. The van der Waals surface area contributed by atoms with Crippen LogP contribution in [0.15, 0.2) is 60.9 Å².